The van der Waals surface area contributed by atoms with E-state index in [2.05, 4.69) is 25.7 Å². The first-order valence-corrected chi connectivity index (χ1v) is 9.19. The Hall–Kier alpha value is -3.38. The van der Waals surface area contributed by atoms with Crippen molar-refractivity contribution in [2.75, 3.05) is 25.0 Å². The predicted molar refractivity (Wildman–Crippen MR) is 100 cm³/mol. The molecule has 1 atom stereocenters. The van der Waals surface area contributed by atoms with Crippen molar-refractivity contribution in [1.82, 2.24) is 25.1 Å². The van der Waals surface area contributed by atoms with Gasteiger partial charge in [0.1, 0.15) is 5.82 Å². The van der Waals surface area contributed by atoms with Crippen molar-refractivity contribution in [3.8, 4) is 5.82 Å². The standard InChI is InChI=1S/C19H16F4N6O2/c20-14-7-12(1-2-13(14)15-9-24-5-6-31-15)27-17(30)11-8-26-29(10-11)16-3-4-25-18(28-16)19(21,22)23/h1-4,7-8,10,15,24H,5-6,9H2,(H,27,30)/t15-/m1/s1. The van der Waals surface area contributed by atoms with Gasteiger partial charge in [-0.2, -0.15) is 18.3 Å². The molecule has 1 amide bonds. The van der Waals surface area contributed by atoms with E-state index in [0.717, 1.165) is 17.1 Å². The highest BCUT2D eigenvalue weighted by Crippen LogP contribution is 2.26. The molecule has 1 fully saturated rings. The molecule has 0 spiro atoms. The molecule has 2 N–H and O–H groups in total. The number of benzene rings is 1. The molecular weight excluding hydrogens is 420 g/mol. The van der Waals surface area contributed by atoms with Gasteiger partial charge in [0.05, 0.1) is 24.5 Å². The first-order chi connectivity index (χ1) is 14.8. The lowest BCUT2D eigenvalue weighted by molar-refractivity contribution is -0.145. The Kier molecular flexibility index (Phi) is 5.65. The summed E-state index contributed by atoms with van der Waals surface area (Å²) in [5.41, 5.74) is 0.642. The third-order valence-corrected chi connectivity index (χ3v) is 4.51. The van der Waals surface area contributed by atoms with Gasteiger partial charge >= 0.3 is 6.18 Å². The molecule has 1 aliphatic heterocycles. The normalized spacial score (nSPS) is 16.8. The van der Waals surface area contributed by atoms with Crippen LogP contribution >= 0.6 is 0 Å². The molecular formula is C19H16F4N6O2. The second-order valence-electron chi connectivity index (χ2n) is 6.66. The Morgan fingerprint density at radius 2 is 2.13 bits per heavy atom. The number of rotatable bonds is 4. The largest absolute Gasteiger partial charge is 0.451 e. The van der Waals surface area contributed by atoms with Crippen LogP contribution < -0.4 is 10.6 Å². The van der Waals surface area contributed by atoms with Crippen LogP contribution in [0.25, 0.3) is 5.82 Å². The minimum absolute atomic E-state index is 0.0523. The van der Waals surface area contributed by atoms with Crippen molar-refractivity contribution < 1.29 is 27.1 Å². The number of anilines is 1. The Morgan fingerprint density at radius 1 is 1.29 bits per heavy atom. The number of alkyl halides is 3. The second kappa shape index (κ2) is 8.40. The third kappa shape index (κ3) is 4.70. The summed E-state index contributed by atoms with van der Waals surface area (Å²) in [5.74, 6) is -2.61. The number of carbonyl (C=O) groups is 1. The van der Waals surface area contributed by atoms with Gasteiger partial charge in [-0.1, -0.05) is 6.07 Å². The summed E-state index contributed by atoms with van der Waals surface area (Å²) in [5, 5.41) is 9.51. The number of morpholine rings is 1. The lowest BCUT2D eigenvalue weighted by atomic mass is 10.1. The van der Waals surface area contributed by atoms with Crippen LogP contribution in [0.5, 0.6) is 0 Å². The van der Waals surface area contributed by atoms with Crippen LogP contribution in [0.4, 0.5) is 23.2 Å². The fourth-order valence-electron chi connectivity index (χ4n) is 3.01. The summed E-state index contributed by atoms with van der Waals surface area (Å²) >= 11 is 0. The molecule has 12 heteroatoms. The molecule has 162 valence electrons. The van der Waals surface area contributed by atoms with Crippen LogP contribution in [0, 0.1) is 5.82 Å². The number of nitrogens with zero attached hydrogens (tertiary/aromatic N) is 4. The highest BCUT2D eigenvalue weighted by atomic mass is 19.4. The number of hydrogen-bond acceptors (Lipinski definition) is 6. The topological polar surface area (TPSA) is 94.0 Å². The third-order valence-electron chi connectivity index (χ3n) is 4.51. The number of ether oxygens (including phenoxy) is 1. The number of halogens is 4. The number of nitrogens with one attached hydrogen (secondary N) is 2. The summed E-state index contributed by atoms with van der Waals surface area (Å²) < 4.78 is 59.3. The van der Waals surface area contributed by atoms with Crippen molar-refractivity contribution in [3.63, 3.8) is 0 Å². The van der Waals surface area contributed by atoms with Crippen molar-refractivity contribution in [1.29, 1.82) is 0 Å². The van der Waals surface area contributed by atoms with Crippen molar-refractivity contribution >= 4 is 11.6 Å². The molecule has 1 aliphatic rings. The predicted octanol–water partition coefficient (Wildman–Crippen LogP) is 2.73. The molecule has 2 aromatic heterocycles. The number of hydrogen-bond donors (Lipinski definition) is 2. The van der Waals surface area contributed by atoms with E-state index >= 15 is 0 Å². The molecule has 3 aromatic rings. The average molecular weight is 436 g/mol. The summed E-state index contributed by atoms with van der Waals surface area (Å²) in [6.07, 6.45) is -1.80. The highest BCUT2D eigenvalue weighted by molar-refractivity contribution is 6.04. The van der Waals surface area contributed by atoms with Crippen LogP contribution in [0.2, 0.25) is 0 Å². The van der Waals surface area contributed by atoms with Gasteiger partial charge in [0, 0.05) is 42.8 Å². The van der Waals surface area contributed by atoms with Gasteiger partial charge in [-0.3, -0.25) is 4.79 Å². The number of aromatic nitrogens is 4. The fraction of sp³-hybridized carbons (Fsp3) is 0.263. The van der Waals surface area contributed by atoms with Gasteiger partial charge in [0.2, 0.25) is 5.82 Å². The number of carbonyl (C=O) groups excluding carboxylic acids is 1. The summed E-state index contributed by atoms with van der Waals surface area (Å²) in [7, 11) is 0. The van der Waals surface area contributed by atoms with Gasteiger partial charge in [-0.25, -0.2) is 19.0 Å². The molecule has 3 heterocycles. The van der Waals surface area contributed by atoms with E-state index in [0.29, 0.717) is 25.3 Å². The molecule has 8 nitrogen and oxygen atoms in total. The Balaban J connectivity index is 1.48. The van der Waals surface area contributed by atoms with Crippen LogP contribution in [-0.2, 0) is 10.9 Å². The monoisotopic (exact) mass is 436 g/mol. The van der Waals surface area contributed by atoms with E-state index in [4.69, 9.17) is 4.74 Å². The van der Waals surface area contributed by atoms with Gasteiger partial charge in [-0.15, -0.1) is 0 Å². The summed E-state index contributed by atoms with van der Waals surface area (Å²) in [6.45, 7) is 1.66. The molecule has 0 unspecified atom stereocenters. The summed E-state index contributed by atoms with van der Waals surface area (Å²) in [4.78, 5) is 19.0. The molecule has 0 aliphatic carbocycles. The van der Waals surface area contributed by atoms with Crippen LogP contribution in [0.1, 0.15) is 27.8 Å². The summed E-state index contributed by atoms with van der Waals surface area (Å²) in [6, 6.07) is 5.47. The van der Waals surface area contributed by atoms with Gasteiger partial charge in [0.15, 0.2) is 5.82 Å². The zero-order chi connectivity index (χ0) is 22.0. The van der Waals surface area contributed by atoms with Crippen molar-refractivity contribution in [2.24, 2.45) is 0 Å². The molecule has 4 rings (SSSR count). The fourth-order valence-corrected chi connectivity index (χ4v) is 3.01. The maximum absolute atomic E-state index is 14.5. The van der Waals surface area contributed by atoms with Crippen LogP contribution in [0.3, 0.4) is 0 Å². The van der Waals surface area contributed by atoms with E-state index in [-0.39, 0.29) is 17.1 Å². The molecule has 0 bridgehead atoms. The minimum atomic E-state index is -4.71. The molecule has 31 heavy (non-hydrogen) atoms. The van der Waals surface area contributed by atoms with Gasteiger partial charge in [-0.05, 0) is 12.1 Å². The van der Waals surface area contributed by atoms with E-state index in [9.17, 15) is 22.4 Å². The Labute approximate surface area is 173 Å². The first kappa shape index (κ1) is 20.9. The molecule has 1 aromatic carbocycles. The number of amides is 1. The van der Waals surface area contributed by atoms with E-state index in [1.807, 2.05) is 0 Å². The molecule has 1 saturated heterocycles. The Morgan fingerprint density at radius 3 is 2.84 bits per heavy atom. The minimum Gasteiger partial charge on any atom is -0.371 e. The van der Waals surface area contributed by atoms with Crippen molar-refractivity contribution in [2.45, 2.75) is 12.3 Å². The SMILES string of the molecule is O=C(Nc1ccc([C@H]2CNCCO2)c(F)c1)c1cnn(-c2ccnc(C(F)(F)F)n2)c1. The van der Waals surface area contributed by atoms with Crippen LogP contribution in [0.15, 0.2) is 42.9 Å². The maximum Gasteiger partial charge on any atom is 0.451 e. The van der Waals surface area contributed by atoms with Gasteiger partial charge in [0.25, 0.3) is 5.91 Å². The maximum atomic E-state index is 14.5. The quantitative estimate of drug-likeness (QED) is 0.611. The smallest absolute Gasteiger partial charge is 0.371 e. The molecule has 0 radical (unpaired) electrons. The zero-order valence-electron chi connectivity index (χ0n) is 15.9. The first-order valence-electron chi connectivity index (χ1n) is 9.19. The molecule has 0 saturated carbocycles. The van der Waals surface area contributed by atoms with E-state index in [1.54, 1.807) is 6.07 Å². The Bertz CT molecular complexity index is 1090. The lowest BCUT2D eigenvalue weighted by Gasteiger charge is -2.24. The zero-order valence-corrected chi connectivity index (χ0v) is 15.9. The van der Waals surface area contributed by atoms with Gasteiger partial charge < -0.3 is 15.4 Å². The highest BCUT2D eigenvalue weighted by Gasteiger charge is 2.34. The average Bonchev–Trinajstić information content (AvgIpc) is 3.25. The van der Waals surface area contributed by atoms with Crippen molar-refractivity contribution in [3.05, 3.63) is 65.6 Å². The van der Waals surface area contributed by atoms with E-state index < -0.39 is 29.8 Å². The van der Waals surface area contributed by atoms with E-state index in [1.165, 1.54) is 24.4 Å². The second-order valence-corrected chi connectivity index (χ2v) is 6.66. The lowest BCUT2D eigenvalue weighted by Crippen LogP contribution is -2.33. The van der Waals surface area contributed by atoms with Crippen LogP contribution in [-0.4, -0.2) is 45.4 Å².